The molecule has 8 nitrogen and oxygen atoms in total. The van der Waals surface area contributed by atoms with Crippen molar-refractivity contribution in [2.24, 2.45) is 0 Å². The molecule has 2 aromatic carbocycles. The number of hydrogen-bond acceptors (Lipinski definition) is 6. The summed E-state index contributed by atoms with van der Waals surface area (Å²) in [5, 5.41) is 13.6. The van der Waals surface area contributed by atoms with Crippen LogP contribution >= 0.6 is 11.3 Å². The van der Waals surface area contributed by atoms with E-state index >= 15 is 8.78 Å². The van der Waals surface area contributed by atoms with Gasteiger partial charge in [-0.2, -0.15) is 9.65 Å². The quantitative estimate of drug-likeness (QED) is 0.389. The second kappa shape index (κ2) is 8.59. The molecular weight excluding hydrogens is 517 g/mol. The molecule has 4 heterocycles. The third-order valence-corrected chi connectivity index (χ3v) is 8.29. The summed E-state index contributed by atoms with van der Waals surface area (Å²) in [5.41, 5.74) is 5.82. The van der Waals surface area contributed by atoms with E-state index in [-0.39, 0.29) is 86.4 Å². The summed E-state index contributed by atoms with van der Waals surface area (Å²) in [6, 6.07) is 4.99. The van der Waals surface area contributed by atoms with Crippen LogP contribution < -0.4 is 5.73 Å². The van der Waals surface area contributed by atoms with Crippen molar-refractivity contribution in [1.82, 2.24) is 19.6 Å². The van der Waals surface area contributed by atoms with Gasteiger partial charge in [0.2, 0.25) is 11.9 Å². The number of rotatable bonds is 2. The highest BCUT2D eigenvalue weighted by Gasteiger charge is 2.37. The van der Waals surface area contributed by atoms with Crippen LogP contribution in [0.3, 0.4) is 0 Å². The first-order valence-corrected chi connectivity index (χ1v) is 12.6. The molecule has 6 rings (SSSR count). The molecule has 192 valence electrons. The van der Waals surface area contributed by atoms with Gasteiger partial charge in [-0.25, -0.2) is 8.78 Å². The number of fused-ring (bicyclic) bond motifs is 2. The number of anilines is 1. The molecule has 0 saturated carbocycles. The highest BCUT2D eigenvalue weighted by molar-refractivity contribution is 7.23. The third-order valence-electron chi connectivity index (χ3n) is 7.26. The lowest BCUT2D eigenvalue weighted by molar-refractivity contribution is -0.128. The van der Waals surface area contributed by atoms with E-state index in [0.29, 0.717) is 6.42 Å². The van der Waals surface area contributed by atoms with Gasteiger partial charge in [-0.05, 0) is 30.2 Å². The van der Waals surface area contributed by atoms with Crippen molar-refractivity contribution >= 4 is 49.1 Å². The van der Waals surface area contributed by atoms with Crippen LogP contribution in [0, 0.1) is 28.9 Å². The minimum Gasteiger partial charge on any atom is -0.389 e. The van der Waals surface area contributed by atoms with Gasteiger partial charge in [0, 0.05) is 37.1 Å². The summed E-state index contributed by atoms with van der Waals surface area (Å²) in [5.74, 6) is -3.31. The number of nitrogens with two attached hydrogens (primary N) is 1. The van der Waals surface area contributed by atoms with Gasteiger partial charge >= 0.3 is 0 Å². The van der Waals surface area contributed by atoms with Gasteiger partial charge in [0.25, 0.3) is 5.91 Å². The van der Waals surface area contributed by atoms with Crippen LogP contribution in [0.1, 0.15) is 22.3 Å². The Bertz CT molecular complexity index is 1750. The van der Waals surface area contributed by atoms with Crippen molar-refractivity contribution in [3.63, 3.8) is 0 Å². The first-order chi connectivity index (χ1) is 18.2. The van der Waals surface area contributed by atoms with Crippen molar-refractivity contribution in [1.29, 1.82) is 5.26 Å². The summed E-state index contributed by atoms with van der Waals surface area (Å²) in [6.07, 6.45) is 1.60. The number of nitriles is 1. The van der Waals surface area contributed by atoms with Gasteiger partial charge in [0.15, 0.2) is 0 Å². The predicted molar refractivity (Wildman–Crippen MR) is 136 cm³/mol. The first kappa shape index (κ1) is 24.0. The fourth-order valence-electron chi connectivity index (χ4n) is 5.54. The number of benzene rings is 2. The maximum absolute atomic E-state index is 15.9. The number of carbonyl (C=O) groups excluding carboxylic acids is 2. The molecule has 0 bridgehead atoms. The summed E-state index contributed by atoms with van der Waals surface area (Å²) in [6.45, 7) is 4.50. The van der Waals surface area contributed by atoms with Crippen LogP contribution in [-0.4, -0.2) is 57.1 Å². The maximum Gasteiger partial charge on any atom is 0.256 e. The fraction of sp³-hybridized carbons (Fsp3) is 0.231. The molecule has 0 spiro atoms. The van der Waals surface area contributed by atoms with Gasteiger partial charge < -0.3 is 15.5 Å². The SMILES string of the molecule is C=CC(=O)N1CCN2C(=O)c3cc(F)c(-c4ccc(F)c5sc(N)c(C#N)c45)c4c(F)nn(c34)CC[C@@H]2C1. The van der Waals surface area contributed by atoms with E-state index in [2.05, 4.69) is 11.7 Å². The van der Waals surface area contributed by atoms with Crippen molar-refractivity contribution < 1.29 is 22.8 Å². The largest absolute Gasteiger partial charge is 0.389 e. The van der Waals surface area contributed by atoms with E-state index in [1.165, 1.54) is 16.8 Å². The molecule has 12 heteroatoms. The highest BCUT2D eigenvalue weighted by Crippen LogP contribution is 2.45. The molecule has 2 aliphatic rings. The maximum atomic E-state index is 15.9. The summed E-state index contributed by atoms with van der Waals surface area (Å²) in [4.78, 5) is 29.0. The molecule has 1 atom stereocenters. The standard InChI is InChI=1S/C26H19F3N6O2S/c1-2-18(36)33-7-8-34-12(11-33)5-6-35-22-14(26(34)37)9-17(28)20(21(22)24(29)32-35)13-3-4-16(27)23-19(13)15(10-30)25(31)38-23/h2-4,9,12H,1,5-8,11,31H2/t12-/m1/s1. The van der Waals surface area contributed by atoms with Crippen molar-refractivity contribution in [3.05, 3.63) is 59.6 Å². The number of carbonyl (C=O) groups is 2. The van der Waals surface area contributed by atoms with E-state index in [1.54, 1.807) is 9.80 Å². The van der Waals surface area contributed by atoms with Crippen LogP contribution in [0.5, 0.6) is 0 Å². The number of piperazine rings is 1. The number of aryl methyl sites for hydroxylation is 1. The van der Waals surface area contributed by atoms with Gasteiger partial charge in [-0.15, -0.1) is 16.4 Å². The number of amides is 2. The van der Waals surface area contributed by atoms with E-state index < -0.39 is 23.5 Å². The lowest BCUT2D eigenvalue weighted by Crippen LogP contribution is -2.57. The summed E-state index contributed by atoms with van der Waals surface area (Å²) >= 11 is 0.849. The zero-order valence-electron chi connectivity index (χ0n) is 19.8. The second-order valence-corrected chi connectivity index (χ2v) is 10.3. The Morgan fingerprint density at radius 1 is 1.18 bits per heavy atom. The van der Waals surface area contributed by atoms with Crippen LogP contribution in [0.2, 0.25) is 0 Å². The van der Waals surface area contributed by atoms with Gasteiger partial charge in [-0.3, -0.25) is 14.3 Å². The Morgan fingerprint density at radius 2 is 1.97 bits per heavy atom. The molecule has 1 saturated heterocycles. The lowest BCUT2D eigenvalue weighted by Gasteiger charge is -2.42. The number of nitrogen functional groups attached to an aromatic ring is 1. The molecule has 0 radical (unpaired) electrons. The second-order valence-electron chi connectivity index (χ2n) is 9.20. The van der Waals surface area contributed by atoms with Crippen molar-refractivity contribution in [2.45, 2.75) is 19.0 Å². The molecule has 4 aromatic rings. The van der Waals surface area contributed by atoms with E-state index in [1.807, 2.05) is 6.07 Å². The van der Waals surface area contributed by atoms with E-state index in [9.17, 15) is 19.2 Å². The molecule has 2 aromatic heterocycles. The minimum atomic E-state index is -0.994. The third kappa shape index (κ3) is 3.31. The summed E-state index contributed by atoms with van der Waals surface area (Å²) < 4.78 is 47.5. The Kier molecular flexibility index (Phi) is 5.43. The van der Waals surface area contributed by atoms with Crippen molar-refractivity contribution in [3.8, 4) is 17.2 Å². The first-order valence-electron chi connectivity index (χ1n) is 11.8. The molecule has 1 fully saturated rings. The topological polar surface area (TPSA) is 108 Å². The van der Waals surface area contributed by atoms with Gasteiger partial charge in [0.05, 0.1) is 32.8 Å². The fourth-order valence-corrected chi connectivity index (χ4v) is 6.49. The van der Waals surface area contributed by atoms with E-state index in [4.69, 9.17) is 5.73 Å². The highest BCUT2D eigenvalue weighted by atomic mass is 32.1. The molecule has 0 unspecified atom stereocenters. The minimum absolute atomic E-state index is 0.0316. The predicted octanol–water partition coefficient (Wildman–Crippen LogP) is 4.03. The molecule has 38 heavy (non-hydrogen) atoms. The molecule has 2 N–H and O–H groups in total. The Balaban J connectivity index is 1.57. The van der Waals surface area contributed by atoms with Gasteiger partial charge in [-0.1, -0.05) is 12.6 Å². The molecular formula is C26H19F3N6O2S. The normalized spacial score (nSPS) is 17.3. The lowest BCUT2D eigenvalue weighted by atomic mass is 9.93. The van der Waals surface area contributed by atoms with E-state index in [0.717, 1.165) is 23.5 Å². The van der Waals surface area contributed by atoms with Crippen molar-refractivity contribution in [2.75, 3.05) is 25.4 Å². The van der Waals surface area contributed by atoms with Crippen LogP contribution in [0.25, 0.3) is 32.1 Å². The molecule has 2 amide bonds. The number of nitrogens with zero attached hydrogens (tertiary/aromatic N) is 5. The number of aromatic nitrogens is 2. The van der Waals surface area contributed by atoms with Crippen LogP contribution in [0.15, 0.2) is 30.9 Å². The average molecular weight is 537 g/mol. The van der Waals surface area contributed by atoms with Gasteiger partial charge in [0.1, 0.15) is 22.7 Å². The van der Waals surface area contributed by atoms with Crippen LogP contribution in [0.4, 0.5) is 18.2 Å². The Morgan fingerprint density at radius 3 is 2.71 bits per heavy atom. The van der Waals surface area contributed by atoms with Crippen LogP contribution in [-0.2, 0) is 11.3 Å². The molecule has 0 aliphatic carbocycles. The number of thiophene rings is 1. The zero-order chi connectivity index (χ0) is 26.9. The molecule has 2 aliphatic heterocycles. The smallest absolute Gasteiger partial charge is 0.256 e. The Hall–Kier alpha value is -4.37. The number of hydrogen-bond donors (Lipinski definition) is 1. The summed E-state index contributed by atoms with van der Waals surface area (Å²) in [7, 11) is 0. The zero-order valence-corrected chi connectivity index (χ0v) is 20.6. The average Bonchev–Trinajstić information content (AvgIpc) is 3.42. The number of halogens is 3. The Labute approximate surface area is 217 Å². The monoisotopic (exact) mass is 536 g/mol.